The summed E-state index contributed by atoms with van der Waals surface area (Å²) in [6.07, 6.45) is 1.78. The smallest absolute Gasteiger partial charge is 0.323 e. The molecule has 1 aromatic rings. The summed E-state index contributed by atoms with van der Waals surface area (Å²) in [6, 6.07) is -0.153. The minimum atomic E-state index is -0.975. The third-order valence-electron chi connectivity index (χ3n) is 2.75. The molecule has 1 aliphatic carbocycles. The van der Waals surface area contributed by atoms with Crippen LogP contribution in [-0.4, -0.2) is 51.5 Å². The summed E-state index contributed by atoms with van der Waals surface area (Å²) in [6.45, 7) is 0.177. The van der Waals surface area contributed by atoms with Gasteiger partial charge in [0.05, 0.1) is 17.7 Å². The molecule has 1 aliphatic rings. The molecule has 0 aliphatic heterocycles. The van der Waals surface area contributed by atoms with Crippen LogP contribution in [0, 0.1) is 0 Å². The Morgan fingerprint density at radius 2 is 2.28 bits per heavy atom. The molecule has 18 heavy (non-hydrogen) atoms. The van der Waals surface area contributed by atoms with Crippen molar-refractivity contribution in [2.45, 2.75) is 25.4 Å². The number of carbonyl (C=O) groups excluding carboxylic acids is 1. The van der Waals surface area contributed by atoms with Crippen LogP contribution in [0.5, 0.6) is 0 Å². The van der Waals surface area contributed by atoms with Crippen molar-refractivity contribution >= 4 is 23.3 Å². The highest BCUT2D eigenvalue weighted by Crippen LogP contribution is 2.27. The first-order valence-corrected chi connectivity index (χ1v) is 6.63. The lowest BCUT2D eigenvalue weighted by molar-refractivity contribution is -0.137. The molecule has 0 unspecified atom stereocenters. The van der Waals surface area contributed by atoms with Crippen LogP contribution >= 0.6 is 11.3 Å². The van der Waals surface area contributed by atoms with Gasteiger partial charge in [0.1, 0.15) is 6.54 Å². The van der Waals surface area contributed by atoms with E-state index in [2.05, 4.69) is 4.98 Å². The number of carboxylic acids is 1. The molecule has 0 bridgehead atoms. The molecule has 2 rings (SSSR count). The number of rotatable bonds is 5. The number of hydrogen-bond donors (Lipinski definition) is 1. The zero-order chi connectivity index (χ0) is 13.1. The number of amides is 2. The first kappa shape index (κ1) is 12.8. The van der Waals surface area contributed by atoms with Crippen molar-refractivity contribution in [3.8, 4) is 0 Å². The average Bonchev–Trinajstić information content (AvgIpc) is 3.04. The SMILES string of the molecule is CN(Cc1cscn1)C(=O)N(CC(=O)O)C1CC1. The molecule has 1 saturated carbocycles. The van der Waals surface area contributed by atoms with Gasteiger partial charge in [0.15, 0.2) is 0 Å². The van der Waals surface area contributed by atoms with Crippen molar-refractivity contribution in [1.29, 1.82) is 0 Å². The molecule has 0 spiro atoms. The standard InChI is InChI=1S/C11H15N3O3S/c1-13(4-8-6-18-7-12-8)11(17)14(5-10(15)16)9-2-3-9/h6-7,9H,2-5H2,1H3,(H,15,16). The highest BCUT2D eigenvalue weighted by molar-refractivity contribution is 7.07. The van der Waals surface area contributed by atoms with Gasteiger partial charge in [0.25, 0.3) is 0 Å². The Kier molecular flexibility index (Phi) is 3.81. The summed E-state index contributed by atoms with van der Waals surface area (Å²) in [5.41, 5.74) is 2.53. The van der Waals surface area contributed by atoms with E-state index in [1.165, 1.54) is 21.1 Å². The molecule has 2 amide bonds. The Labute approximate surface area is 109 Å². The molecule has 0 aromatic carbocycles. The predicted octanol–water partition coefficient (Wildman–Crippen LogP) is 1.24. The quantitative estimate of drug-likeness (QED) is 0.873. The van der Waals surface area contributed by atoms with Crippen LogP contribution in [0.4, 0.5) is 4.79 Å². The van der Waals surface area contributed by atoms with Crippen LogP contribution < -0.4 is 0 Å². The van der Waals surface area contributed by atoms with Crippen molar-refractivity contribution in [3.05, 3.63) is 16.6 Å². The Morgan fingerprint density at radius 1 is 1.56 bits per heavy atom. The van der Waals surface area contributed by atoms with Gasteiger partial charge in [-0.2, -0.15) is 0 Å². The molecule has 1 aromatic heterocycles. The van der Waals surface area contributed by atoms with Gasteiger partial charge in [0, 0.05) is 18.5 Å². The number of aromatic nitrogens is 1. The highest BCUT2D eigenvalue weighted by Gasteiger charge is 2.35. The van der Waals surface area contributed by atoms with E-state index < -0.39 is 5.97 Å². The maximum Gasteiger partial charge on any atom is 0.323 e. The molecule has 0 saturated heterocycles. The molecule has 7 heteroatoms. The van der Waals surface area contributed by atoms with Crippen molar-refractivity contribution in [2.24, 2.45) is 0 Å². The molecule has 1 fully saturated rings. The summed E-state index contributed by atoms with van der Waals surface area (Å²) in [7, 11) is 1.67. The molecule has 0 atom stereocenters. The number of aliphatic carboxylic acids is 1. The van der Waals surface area contributed by atoms with E-state index in [1.807, 2.05) is 5.38 Å². The fourth-order valence-corrected chi connectivity index (χ4v) is 2.28. The van der Waals surface area contributed by atoms with Gasteiger partial charge >= 0.3 is 12.0 Å². The number of urea groups is 1. The fourth-order valence-electron chi connectivity index (χ4n) is 1.73. The maximum absolute atomic E-state index is 12.2. The van der Waals surface area contributed by atoms with E-state index in [9.17, 15) is 9.59 Å². The molecular weight excluding hydrogens is 254 g/mol. The zero-order valence-corrected chi connectivity index (χ0v) is 10.9. The average molecular weight is 269 g/mol. The molecule has 98 valence electrons. The lowest BCUT2D eigenvalue weighted by atomic mass is 10.4. The Bertz CT molecular complexity index is 431. The van der Waals surface area contributed by atoms with Crippen LogP contribution in [0.3, 0.4) is 0 Å². The summed E-state index contributed by atoms with van der Waals surface area (Å²) in [5, 5.41) is 10.7. The van der Waals surface area contributed by atoms with Crippen molar-refractivity contribution in [2.75, 3.05) is 13.6 Å². The first-order valence-electron chi connectivity index (χ1n) is 5.68. The third-order valence-corrected chi connectivity index (χ3v) is 3.38. The van der Waals surface area contributed by atoms with Gasteiger partial charge in [-0.1, -0.05) is 0 Å². The minimum absolute atomic E-state index is 0.0893. The van der Waals surface area contributed by atoms with Gasteiger partial charge in [-0.25, -0.2) is 9.78 Å². The van der Waals surface area contributed by atoms with E-state index in [1.54, 1.807) is 12.6 Å². The normalized spacial score (nSPS) is 14.3. The summed E-state index contributed by atoms with van der Waals surface area (Å²) in [5.74, 6) is -0.975. The number of thiazole rings is 1. The van der Waals surface area contributed by atoms with Crippen molar-refractivity contribution in [3.63, 3.8) is 0 Å². The molecule has 6 nitrogen and oxygen atoms in total. The van der Waals surface area contributed by atoms with E-state index in [0.717, 1.165) is 18.5 Å². The monoisotopic (exact) mass is 269 g/mol. The van der Waals surface area contributed by atoms with Crippen LogP contribution in [-0.2, 0) is 11.3 Å². The Balaban J connectivity index is 1.96. The van der Waals surface area contributed by atoms with E-state index >= 15 is 0 Å². The Morgan fingerprint density at radius 3 is 2.78 bits per heavy atom. The lowest BCUT2D eigenvalue weighted by Gasteiger charge is -2.26. The topological polar surface area (TPSA) is 73.7 Å². The minimum Gasteiger partial charge on any atom is -0.480 e. The summed E-state index contributed by atoms with van der Waals surface area (Å²) < 4.78 is 0. The van der Waals surface area contributed by atoms with Crippen LogP contribution in [0.25, 0.3) is 0 Å². The zero-order valence-electron chi connectivity index (χ0n) is 10.1. The lowest BCUT2D eigenvalue weighted by Crippen LogP contribution is -2.44. The van der Waals surface area contributed by atoms with Gasteiger partial charge in [-0.15, -0.1) is 11.3 Å². The van der Waals surface area contributed by atoms with Gasteiger partial charge in [-0.3, -0.25) is 4.79 Å². The number of carboxylic acid groups (broad SMARTS) is 1. The molecular formula is C11H15N3O3S. The second-order valence-corrected chi connectivity index (χ2v) is 5.09. The summed E-state index contributed by atoms with van der Waals surface area (Å²) >= 11 is 1.47. The third kappa shape index (κ3) is 3.19. The van der Waals surface area contributed by atoms with E-state index in [0.29, 0.717) is 6.54 Å². The van der Waals surface area contributed by atoms with E-state index in [-0.39, 0.29) is 18.6 Å². The van der Waals surface area contributed by atoms with E-state index in [4.69, 9.17) is 5.11 Å². The molecule has 0 radical (unpaired) electrons. The van der Waals surface area contributed by atoms with Crippen LogP contribution in [0.1, 0.15) is 18.5 Å². The molecule has 1 heterocycles. The maximum atomic E-state index is 12.2. The first-order chi connectivity index (χ1) is 8.58. The second-order valence-electron chi connectivity index (χ2n) is 4.37. The highest BCUT2D eigenvalue weighted by atomic mass is 32.1. The van der Waals surface area contributed by atoms with Gasteiger partial charge in [0.2, 0.25) is 0 Å². The summed E-state index contributed by atoms with van der Waals surface area (Å²) in [4.78, 5) is 30.0. The largest absolute Gasteiger partial charge is 0.480 e. The number of carbonyl (C=O) groups is 2. The second kappa shape index (κ2) is 5.34. The molecule has 1 N–H and O–H groups in total. The predicted molar refractivity (Wildman–Crippen MR) is 66.3 cm³/mol. The fraction of sp³-hybridized carbons (Fsp3) is 0.545. The van der Waals surface area contributed by atoms with Crippen LogP contribution in [0.2, 0.25) is 0 Å². The van der Waals surface area contributed by atoms with Crippen molar-refractivity contribution in [1.82, 2.24) is 14.8 Å². The van der Waals surface area contributed by atoms with Gasteiger partial charge in [-0.05, 0) is 12.8 Å². The van der Waals surface area contributed by atoms with Crippen LogP contribution in [0.15, 0.2) is 10.9 Å². The number of hydrogen-bond acceptors (Lipinski definition) is 4. The number of nitrogens with zero attached hydrogens (tertiary/aromatic N) is 3. The van der Waals surface area contributed by atoms with Gasteiger partial charge < -0.3 is 14.9 Å². The Hall–Kier alpha value is -1.63. The van der Waals surface area contributed by atoms with Crippen molar-refractivity contribution < 1.29 is 14.7 Å².